The number of aromatic nitrogens is 3. The topological polar surface area (TPSA) is 99.9 Å². The second kappa shape index (κ2) is 4.34. The molecule has 19 heavy (non-hydrogen) atoms. The third-order valence-electron chi connectivity index (χ3n) is 3.35. The summed E-state index contributed by atoms with van der Waals surface area (Å²) in [5, 5.41) is 19.0. The van der Waals surface area contributed by atoms with E-state index in [0.29, 0.717) is 17.1 Å². The first-order valence-electron chi connectivity index (χ1n) is 6.13. The average Bonchev–Trinajstić information content (AvgIpc) is 2.82. The van der Waals surface area contributed by atoms with Gasteiger partial charge in [0, 0.05) is 36.3 Å². The molecule has 1 aliphatic heterocycles. The van der Waals surface area contributed by atoms with Crippen LogP contribution in [0.25, 0.3) is 11.4 Å². The Bertz CT molecular complexity index is 650. The summed E-state index contributed by atoms with van der Waals surface area (Å²) in [6.07, 6.45) is 3.12. The Morgan fingerprint density at radius 3 is 2.89 bits per heavy atom. The van der Waals surface area contributed by atoms with Crippen LogP contribution in [0, 0.1) is 10.1 Å². The van der Waals surface area contributed by atoms with Gasteiger partial charge in [0.25, 0.3) is 5.69 Å². The summed E-state index contributed by atoms with van der Waals surface area (Å²) < 4.78 is 2.04. The van der Waals surface area contributed by atoms with Gasteiger partial charge in [-0.2, -0.15) is 0 Å². The lowest BCUT2D eigenvalue weighted by molar-refractivity contribution is -0.384. The van der Waals surface area contributed by atoms with Crippen molar-refractivity contribution in [1.82, 2.24) is 14.8 Å². The van der Waals surface area contributed by atoms with E-state index in [0.717, 1.165) is 31.6 Å². The Kier molecular flexibility index (Phi) is 2.66. The van der Waals surface area contributed by atoms with Gasteiger partial charge in [-0.1, -0.05) is 0 Å². The highest BCUT2D eigenvalue weighted by Gasteiger charge is 2.19. The molecule has 3 rings (SSSR count). The van der Waals surface area contributed by atoms with Gasteiger partial charge in [-0.05, 0) is 18.9 Å². The molecule has 2 aromatic rings. The number of aryl methyl sites for hydroxylation is 1. The fraction of sp³-hybridized carbons (Fsp3) is 0.333. The smallest absolute Gasteiger partial charge is 0.271 e. The van der Waals surface area contributed by atoms with Crippen LogP contribution in [-0.2, 0) is 13.0 Å². The largest absolute Gasteiger partial charge is 0.398 e. The third-order valence-corrected chi connectivity index (χ3v) is 3.35. The van der Waals surface area contributed by atoms with E-state index < -0.39 is 4.92 Å². The van der Waals surface area contributed by atoms with Gasteiger partial charge in [0.05, 0.1) is 4.92 Å². The normalized spacial score (nSPS) is 14.1. The SMILES string of the molecule is Nc1cc([N+](=O)[O-])ccc1-c1nnc2n1CCCC2. The second-order valence-electron chi connectivity index (χ2n) is 4.58. The molecule has 0 fully saturated rings. The second-order valence-corrected chi connectivity index (χ2v) is 4.58. The predicted molar refractivity (Wildman–Crippen MR) is 69.5 cm³/mol. The maximum Gasteiger partial charge on any atom is 0.271 e. The molecule has 2 N–H and O–H groups in total. The molecule has 0 saturated carbocycles. The lowest BCUT2D eigenvalue weighted by Crippen LogP contribution is -2.11. The molecule has 0 bridgehead atoms. The molecule has 2 heterocycles. The lowest BCUT2D eigenvalue weighted by atomic mass is 10.1. The van der Waals surface area contributed by atoms with E-state index in [4.69, 9.17) is 5.73 Å². The summed E-state index contributed by atoms with van der Waals surface area (Å²) >= 11 is 0. The summed E-state index contributed by atoms with van der Waals surface area (Å²) in [5.41, 5.74) is 6.94. The number of hydrogen-bond donors (Lipinski definition) is 1. The van der Waals surface area contributed by atoms with Crippen LogP contribution in [0.3, 0.4) is 0 Å². The van der Waals surface area contributed by atoms with Gasteiger partial charge in [0.2, 0.25) is 0 Å². The van der Waals surface area contributed by atoms with Crippen molar-refractivity contribution in [1.29, 1.82) is 0 Å². The first-order valence-corrected chi connectivity index (χ1v) is 6.13. The van der Waals surface area contributed by atoms with Crippen molar-refractivity contribution in [2.24, 2.45) is 0 Å². The van der Waals surface area contributed by atoms with Crippen LogP contribution in [0.5, 0.6) is 0 Å². The molecule has 0 aliphatic carbocycles. The molecule has 1 aliphatic rings. The molecule has 98 valence electrons. The predicted octanol–water partition coefficient (Wildman–Crippen LogP) is 1.77. The quantitative estimate of drug-likeness (QED) is 0.503. The van der Waals surface area contributed by atoms with Crippen LogP contribution >= 0.6 is 0 Å². The Balaban J connectivity index is 2.07. The monoisotopic (exact) mass is 259 g/mol. The van der Waals surface area contributed by atoms with Crippen molar-refractivity contribution in [3.05, 3.63) is 34.1 Å². The molecule has 1 aromatic heterocycles. The van der Waals surface area contributed by atoms with E-state index in [1.807, 2.05) is 4.57 Å². The Labute approximate surface area is 109 Å². The maximum atomic E-state index is 10.7. The first kappa shape index (κ1) is 11.6. The van der Waals surface area contributed by atoms with Crippen molar-refractivity contribution >= 4 is 11.4 Å². The highest BCUT2D eigenvalue weighted by Crippen LogP contribution is 2.30. The van der Waals surface area contributed by atoms with Gasteiger partial charge in [-0.3, -0.25) is 10.1 Å². The van der Waals surface area contributed by atoms with Crippen LogP contribution in [0.15, 0.2) is 18.2 Å². The zero-order valence-electron chi connectivity index (χ0n) is 10.2. The molecular formula is C12H13N5O2. The van der Waals surface area contributed by atoms with Crippen LogP contribution in [0.2, 0.25) is 0 Å². The van der Waals surface area contributed by atoms with Crippen molar-refractivity contribution < 1.29 is 4.92 Å². The van der Waals surface area contributed by atoms with Gasteiger partial charge in [-0.15, -0.1) is 10.2 Å². The zero-order valence-corrected chi connectivity index (χ0v) is 10.2. The molecular weight excluding hydrogens is 246 g/mol. The molecule has 0 radical (unpaired) electrons. The molecule has 0 unspecified atom stereocenters. The standard InChI is InChI=1S/C12H13N5O2/c13-10-7-8(17(18)19)4-5-9(10)12-15-14-11-3-1-2-6-16(11)12/h4-5,7H,1-3,6,13H2. The van der Waals surface area contributed by atoms with E-state index in [9.17, 15) is 10.1 Å². The first-order chi connectivity index (χ1) is 9.16. The number of hydrogen-bond acceptors (Lipinski definition) is 5. The number of nitrogens with two attached hydrogens (primary N) is 1. The maximum absolute atomic E-state index is 10.7. The summed E-state index contributed by atoms with van der Waals surface area (Å²) in [6, 6.07) is 4.44. The fourth-order valence-electron chi connectivity index (χ4n) is 2.37. The minimum atomic E-state index is -0.459. The third kappa shape index (κ3) is 1.92. The van der Waals surface area contributed by atoms with E-state index in [1.165, 1.54) is 12.1 Å². The van der Waals surface area contributed by atoms with E-state index in [-0.39, 0.29) is 5.69 Å². The molecule has 0 atom stereocenters. The van der Waals surface area contributed by atoms with E-state index >= 15 is 0 Å². The minimum absolute atomic E-state index is 0.0142. The van der Waals surface area contributed by atoms with Crippen LogP contribution < -0.4 is 5.73 Å². The number of nitrogens with zero attached hydrogens (tertiary/aromatic N) is 4. The molecule has 1 aromatic carbocycles. The summed E-state index contributed by atoms with van der Waals surface area (Å²) in [6.45, 7) is 0.869. The van der Waals surface area contributed by atoms with Gasteiger partial charge >= 0.3 is 0 Å². The number of nitrogen functional groups attached to an aromatic ring is 1. The Hall–Kier alpha value is -2.44. The number of nitro groups is 1. The van der Waals surface area contributed by atoms with Crippen molar-refractivity contribution in [3.63, 3.8) is 0 Å². The van der Waals surface area contributed by atoms with Gasteiger partial charge in [-0.25, -0.2) is 0 Å². The number of nitro benzene ring substituents is 1. The fourth-order valence-corrected chi connectivity index (χ4v) is 2.37. The van der Waals surface area contributed by atoms with Crippen molar-refractivity contribution in [2.75, 3.05) is 5.73 Å². The number of rotatable bonds is 2. The summed E-state index contributed by atoms with van der Waals surface area (Å²) in [4.78, 5) is 10.2. The minimum Gasteiger partial charge on any atom is -0.398 e. The van der Waals surface area contributed by atoms with Gasteiger partial charge < -0.3 is 10.3 Å². The molecule has 0 amide bonds. The molecule has 0 saturated heterocycles. The Morgan fingerprint density at radius 2 is 2.16 bits per heavy atom. The molecule has 7 nitrogen and oxygen atoms in total. The lowest BCUT2D eigenvalue weighted by Gasteiger charge is -2.15. The number of anilines is 1. The number of benzene rings is 1. The highest BCUT2D eigenvalue weighted by atomic mass is 16.6. The summed E-state index contributed by atoms with van der Waals surface area (Å²) in [7, 11) is 0. The van der Waals surface area contributed by atoms with Crippen LogP contribution in [-0.4, -0.2) is 19.7 Å². The van der Waals surface area contributed by atoms with Crippen LogP contribution in [0.4, 0.5) is 11.4 Å². The number of fused-ring (bicyclic) bond motifs is 1. The van der Waals surface area contributed by atoms with Gasteiger partial charge in [0.1, 0.15) is 5.82 Å². The van der Waals surface area contributed by atoms with Crippen LogP contribution in [0.1, 0.15) is 18.7 Å². The number of non-ortho nitro benzene ring substituents is 1. The Morgan fingerprint density at radius 1 is 1.32 bits per heavy atom. The van der Waals surface area contributed by atoms with Gasteiger partial charge in [0.15, 0.2) is 5.82 Å². The molecule has 0 spiro atoms. The van der Waals surface area contributed by atoms with E-state index in [1.54, 1.807) is 6.07 Å². The van der Waals surface area contributed by atoms with E-state index in [2.05, 4.69) is 10.2 Å². The zero-order chi connectivity index (χ0) is 13.4. The summed E-state index contributed by atoms with van der Waals surface area (Å²) in [5.74, 6) is 1.65. The average molecular weight is 259 g/mol. The molecule has 7 heteroatoms. The highest BCUT2D eigenvalue weighted by molar-refractivity contribution is 5.74. The van der Waals surface area contributed by atoms with Crippen molar-refractivity contribution in [3.8, 4) is 11.4 Å². The van der Waals surface area contributed by atoms with Crippen molar-refractivity contribution in [2.45, 2.75) is 25.8 Å².